The third-order valence-electron chi connectivity index (χ3n) is 4.26. The van der Waals surface area contributed by atoms with E-state index in [4.69, 9.17) is 14.2 Å². The number of halogens is 1. The first-order valence-corrected chi connectivity index (χ1v) is 9.32. The van der Waals surface area contributed by atoms with Crippen LogP contribution in [-0.2, 0) is 4.79 Å². The van der Waals surface area contributed by atoms with Crippen LogP contribution in [-0.4, -0.2) is 25.7 Å². The van der Waals surface area contributed by atoms with E-state index in [0.29, 0.717) is 24.7 Å². The van der Waals surface area contributed by atoms with Crippen molar-refractivity contribution in [2.45, 2.75) is 26.8 Å². The number of hydrogen-bond donors (Lipinski definition) is 1. The summed E-state index contributed by atoms with van der Waals surface area (Å²) in [7, 11) is 0. The molecule has 138 valence electrons. The Morgan fingerprint density at radius 3 is 2.46 bits per heavy atom. The number of carbonyl (C=O) groups is 1. The van der Waals surface area contributed by atoms with Gasteiger partial charge in [-0.3, -0.25) is 4.79 Å². The average Bonchev–Trinajstić information content (AvgIpc) is 2.60. The van der Waals surface area contributed by atoms with Gasteiger partial charge in [0, 0.05) is 4.47 Å². The van der Waals surface area contributed by atoms with Crippen molar-refractivity contribution < 1.29 is 19.0 Å². The number of rotatable bonds is 5. The Bertz CT molecular complexity index is 801. The van der Waals surface area contributed by atoms with E-state index in [1.54, 1.807) is 0 Å². The number of hydrogen-bond acceptors (Lipinski definition) is 4. The molecule has 0 radical (unpaired) electrons. The zero-order valence-electron chi connectivity index (χ0n) is 15.1. The molecule has 0 bridgehead atoms. The highest BCUT2D eigenvalue weighted by molar-refractivity contribution is 9.10. The van der Waals surface area contributed by atoms with Gasteiger partial charge in [0.2, 0.25) is 0 Å². The summed E-state index contributed by atoms with van der Waals surface area (Å²) < 4.78 is 17.8. The van der Waals surface area contributed by atoms with Gasteiger partial charge in [-0.25, -0.2) is 0 Å². The van der Waals surface area contributed by atoms with Gasteiger partial charge in [-0.2, -0.15) is 0 Å². The predicted molar refractivity (Wildman–Crippen MR) is 103 cm³/mol. The number of amides is 1. The summed E-state index contributed by atoms with van der Waals surface area (Å²) in [6.45, 7) is 6.90. The van der Waals surface area contributed by atoms with Gasteiger partial charge in [0.15, 0.2) is 18.1 Å². The minimum atomic E-state index is -0.200. The number of fused-ring (bicyclic) bond motifs is 1. The number of carbonyl (C=O) groups excluding carboxylic acids is 1. The number of ether oxygens (including phenoxy) is 3. The van der Waals surface area contributed by atoms with Crippen molar-refractivity contribution in [2.75, 3.05) is 19.8 Å². The lowest BCUT2D eigenvalue weighted by molar-refractivity contribution is -0.123. The molecular formula is C20H22BrNO4. The van der Waals surface area contributed by atoms with Crippen LogP contribution in [0.15, 0.2) is 34.8 Å². The molecule has 0 aromatic heterocycles. The molecule has 1 N–H and O–H groups in total. The summed E-state index contributed by atoms with van der Waals surface area (Å²) in [5.41, 5.74) is 2.95. The molecule has 2 aromatic carbocycles. The molecule has 0 saturated carbocycles. The molecule has 3 rings (SSSR count). The number of aryl methyl sites for hydroxylation is 2. The zero-order valence-corrected chi connectivity index (χ0v) is 16.7. The van der Waals surface area contributed by atoms with Crippen molar-refractivity contribution >= 4 is 21.8 Å². The van der Waals surface area contributed by atoms with E-state index in [1.807, 2.05) is 51.1 Å². The molecule has 1 heterocycles. The minimum absolute atomic E-state index is 0.0296. The van der Waals surface area contributed by atoms with Gasteiger partial charge in [0.25, 0.3) is 5.91 Å². The third kappa shape index (κ3) is 4.12. The second-order valence-electron chi connectivity index (χ2n) is 6.32. The van der Waals surface area contributed by atoms with Gasteiger partial charge < -0.3 is 19.5 Å². The number of para-hydroxylation sites is 1. The van der Waals surface area contributed by atoms with Crippen molar-refractivity contribution in [2.24, 2.45) is 0 Å². The second-order valence-corrected chi connectivity index (χ2v) is 7.17. The quantitative estimate of drug-likeness (QED) is 0.792. The van der Waals surface area contributed by atoms with Crippen LogP contribution in [0.5, 0.6) is 17.2 Å². The molecule has 1 aliphatic rings. The summed E-state index contributed by atoms with van der Waals surface area (Å²) >= 11 is 3.54. The van der Waals surface area contributed by atoms with Crippen LogP contribution in [0.3, 0.4) is 0 Å². The zero-order chi connectivity index (χ0) is 18.7. The third-order valence-corrected chi connectivity index (χ3v) is 4.95. The summed E-state index contributed by atoms with van der Waals surface area (Å²) in [6.07, 6.45) is 0. The molecule has 5 nitrogen and oxygen atoms in total. The van der Waals surface area contributed by atoms with Crippen LogP contribution in [0.4, 0.5) is 0 Å². The molecule has 1 amide bonds. The van der Waals surface area contributed by atoms with Crippen molar-refractivity contribution in [3.8, 4) is 17.2 Å². The van der Waals surface area contributed by atoms with Gasteiger partial charge in [-0.05, 0) is 49.6 Å². The SMILES string of the molecule is Cc1cccc(C)c1OCC(=O)NC(C)c1cc2c(cc1Br)OCCO2. The molecule has 26 heavy (non-hydrogen) atoms. The molecule has 6 heteroatoms. The highest BCUT2D eigenvalue weighted by atomic mass is 79.9. The standard InChI is InChI=1S/C20H22BrNO4/c1-12-5-4-6-13(2)20(12)26-11-19(23)22-14(3)15-9-17-18(10-16(15)21)25-8-7-24-17/h4-6,9-10,14H,7-8,11H2,1-3H3,(H,22,23). The normalized spacial score (nSPS) is 13.8. The molecule has 0 aliphatic carbocycles. The van der Waals surface area contributed by atoms with Crippen LogP contribution in [0.2, 0.25) is 0 Å². The first-order chi connectivity index (χ1) is 12.5. The topological polar surface area (TPSA) is 56.8 Å². The Kier molecular flexibility index (Phi) is 5.71. The molecule has 2 aromatic rings. The maximum Gasteiger partial charge on any atom is 0.258 e. The average molecular weight is 420 g/mol. The summed E-state index contributed by atoms with van der Waals surface area (Å²) in [6, 6.07) is 9.48. The lowest BCUT2D eigenvalue weighted by Crippen LogP contribution is -2.31. The first kappa shape index (κ1) is 18.6. The van der Waals surface area contributed by atoms with E-state index in [9.17, 15) is 4.79 Å². The van der Waals surface area contributed by atoms with E-state index >= 15 is 0 Å². The van der Waals surface area contributed by atoms with Gasteiger partial charge in [-0.15, -0.1) is 0 Å². The first-order valence-electron chi connectivity index (χ1n) is 8.53. The number of benzene rings is 2. The molecule has 0 saturated heterocycles. The molecule has 1 aliphatic heterocycles. The predicted octanol–water partition coefficient (Wildman–Crippen LogP) is 4.09. The summed E-state index contributed by atoms with van der Waals surface area (Å²) in [5.74, 6) is 1.99. The maximum atomic E-state index is 12.3. The van der Waals surface area contributed by atoms with E-state index in [-0.39, 0.29) is 18.6 Å². The van der Waals surface area contributed by atoms with Gasteiger partial charge in [0.1, 0.15) is 19.0 Å². The fraction of sp³-hybridized carbons (Fsp3) is 0.350. The van der Waals surface area contributed by atoms with Gasteiger partial charge in [-0.1, -0.05) is 34.1 Å². The van der Waals surface area contributed by atoms with Crippen LogP contribution in [0, 0.1) is 13.8 Å². The monoisotopic (exact) mass is 419 g/mol. The van der Waals surface area contributed by atoms with Crippen LogP contribution < -0.4 is 19.5 Å². The molecule has 1 atom stereocenters. The molecule has 0 spiro atoms. The highest BCUT2D eigenvalue weighted by Crippen LogP contribution is 2.37. The smallest absolute Gasteiger partial charge is 0.258 e. The largest absolute Gasteiger partial charge is 0.486 e. The fourth-order valence-electron chi connectivity index (χ4n) is 2.94. The van der Waals surface area contributed by atoms with E-state index in [2.05, 4.69) is 21.2 Å². The Hall–Kier alpha value is -2.21. The van der Waals surface area contributed by atoms with Gasteiger partial charge in [0.05, 0.1) is 6.04 Å². The Balaban J connectivity index is 1.64. The summed E-state index contributed by atoms with van der Waals surface area (Å²) in [5, 5.41) is 2.96. The number of nitrogens with one attached hydrogen (secondary N) is 1. The van der Waals surface area contributed by atoms with Crippen LogP contribution in [0.1, 0.15) is 29.7 Å². The minimum Gasteiger partial charge on any atom is -0.486 e. The van der Waals surface area contributed by atoms with Crippen LogP contribution in [0.25, 0.3) is 0 Å². The lowest BCUT2D eigenvalue weighted by Gasteiger charge is -2.22. The molecule has 0 fully saturated rings. The summed E-state index contributed by atoms with van der Waals surface area (Å²) in [4.78, 5) is 12.3. The molecular weight excluding hydrogens is 398 g/mol. The van der Waals surface area contributed by atoms with Gasteiger partial charge >= 0.3 is 0 Å². The Labute approximate surface area is 161 Å². The highest BCUT2D eigenvalue weighted by Gasteiger charge is 2.19. The maximum absolute atomic E-state index is 12.3. The van der Waals surface area contributed by atoms with Crippen LogP contribution >= 0.6 is 15.9 Å². The van der Waals surface area contributed by atoms with Crippen molar-refractivity contribution in [1.82, 2.24) is 5.32 Å². The molecule has 1 unspecified atom stereocenters. The Morgan fingerprint density at radius 1 is 1.19 bits per heavy atom. The fourth-order valence-corrected chi connectivity index (χ4v) is 3.60. The van der Waals surface area contributed by atoms with Crippen molar-refractivity contribution in [3.05, 3.63) is 51.5 Å². The Morgan fingerprint density at radius 2 is 1.81 bits per heavy atom. The van der Waals surface area contributed by atoms with Crippen molar-refractivity contribution in [3.63, 3.8) is 0 Å². The lowest BCUT2D eigenvalue weighted by atomic mass is 10.1. The second kappa shape index (κ2) is 7.99. The van der Waals surface area contributed by atoms with E-state index in [0.717, 1.165) is 26.9 Å². The van der Waals surface area contributed by atoms with E-state index in [1.165, 1.54) is 0 Å². The van der Waals surface area contributed by atoms with Crippen molar-refractivity contribution in [1.29, 1.82) is 0 Å². The van der Waals surface area contributed by atoms with E-state index < -0.39 is 0 Å².